The number of amides is 1. The molecule has 1 N–H and O–H groups in total. The summed E-state index contributed by atoms with van der Waals surface area (Å²) in [4.78, 5) is 12.2. The average molecular weight is 363 g/mol. The third kappa shape index (κ3) is 5.02. The van der Waals surface area contributed by atoms with Gasteiger partial charge in [-0.3, -0.25) is 4.79 Å². The fourth-order valence-corrected chi connectivity index (χ4v) is 2.86. The predicted octanol–water partition coefficient (Wildman–Crippen LogP) is 2.16. The molecule has 0 fully saturated rings. The molecule has 1 amide bonds. The summed E-state index contributed by atoms with van der Waals surface area (Å²) in [7, 11) is 0.519. The third-order valence-corrected chi connectivity index (χ3v) is 5.19. The van der Waals surface area contributed by atoms with E-state index in [0.29, 0.717) is 17.2 Å². The van der Waals surface area contributed by atoms with Crippen molar-refractivity contribution >= 4 is 21.8 Å². The van der Waals surface area contributed by atoms with Crippen LogP contribution in [0.2, 0.25) is 0 Å². The van der Waals surface area contributed by atoms with Gasteiger partial charge in [-0.05, 0) is 24.3 Å². The molecule has 0 bridgehead atoms. The second kappa shape index (κ2) is 8.11. The third-order valence-electron chi connectivity index (χ3n) is 3.35. The molecule has 2 aromatic rings. The summed E-state index contributed by atoms with van der Waals surface area (Å²) in [6, 6.07) is 16.1. The molecule has 2 rings (SSSR count). The van der Waals surface area contributed by atoms with Crippen LogP contribution in [0.4, 0.5) is 5.69 Å². The molecule has 0 spiro atoms. The van der Waals surface area contributed by atoms with E-state index in [1.165, 1.54) is 21.1 Å². The molecular formula is C17H21N3O4S. The van der Waals surface area contributed by atoms with E-state index < -0.39 is 16.1 Å². The van der Waals surface area contributed by atoms with Crippen molar-refractivity contribution in [3.63, 3.8) is 0 Å². The molecule has 0 radical (unpaired) electrons. The Morgan fingerprint density at radius 3 is 2.24 bits per heavy atom. The Bertz CT molecular complexity index is 823. The highest BCUT2D eigenvalue weighted by Gasteiger charge is 2.23. The maximum Gasteiger partial charge on any atom is 0.281 e. The monoisotopic (exact) mass is 363 g/mol. The van der Waals surface area contributed by atoms with Crippen molar-refractivity contribution in [3.05, 3.63) is 54.6 Å². The van der Waals surface area contributed by atoms with Gasteiger partial charge in [-0.2, -0.15) is 17.0 Å². The van der Waals surface area contributed by atoms with Gasteiger partial charge < -0.3 is 10.1 Å². The van der Waals surface area contributed by atoms with Crippen LogP contribution in [-0.4, -0.2) is 50.6 Å². The van der Waals surface area contributed by atoms with Gasteiger partial charge in [0.1, 0.15) is 5.75 Å². The van der Waals surface area contributed by atoms with E-state index in [1.807, 2.05) is 18.2 Å². The number of rotatable bonds is 7. The molecule has 8 heteroatoms. The van der Waals surface area contributed by atoms with E-state index in [1.54, 1.807) is 36.4 Å². The number of nitrogens with one attached hydrogen (secondary N) is 1. The number of hydrogen-bond donors (Lipinski definition) is 1. The van der Waals surface area contributed by atoms with Crippen LogP contribution in [0.5, 0.6) is 11.5 Å². The van der Waals surface area contributed by atoms with Crippen molar-refractivity contribution < 1.29 is 17.9 Å². The highest BCUT2D eigenvalue weighted by atomic mass is 32.2. The second-order valence-corrected chi connectivity index (χ2v) is 7.75. The summed E-state index contributed by atoms with van der Waals surface area (Å²) in [5.74, 6) is 0.647. The largest absolute Gasteiger partial charge is 0.455 e. The molecule has 0 saturated carbocycles. The van der Waals surface area contributed by atoms with Crippen molar-refractivity contribution in [2.75, 3.05) is 33.0 Å². The Labute approximate surface area is 148 Å². The standard InChI is InChI=1S/C17H21N3O4S/c1-19(2)25(22,23)20(3)13-17(21)18-15-11-7-8-12-16(15)24-14-9-5-4-6-10-14/h4-12H,13H2,1-3H3,(H,18,21). The van der Waals surface area contributed by atoms with Crippen molar-refractivity contribution in [1.29, 1.82) is 0 Å². The Morgan fingerprint density at radius 2 is 1.60 bits per heavy atom. The molecule has 134 valence electrons. The first kappa shape index (κ1) is 18.9. The first-order chi connectivity index (χ1) is 11.8. The first-order valence-electron chi connectivity index (χ1n) is 7.56. The second-order valence-electron chi connectivity index (χ2n) is 5.51. The minimum absolute atomic E-state index is 0.305. The molecule has 0 aliphatic heterocycles. The lowest BCUT2D eigenvalue weighted by Crippen LogP contribution is -2.41. The lowest BCUT2D eigenvalue weighted by atomic mass is 10.3. The van der Waals surface area contributed by atoms with Gasteiger partial charge in [-0.1, -0.05) is 30.3 Å². The van der Waals surface area contributed by atoms with Crippen molar-refractivity contribution in [1.82, 2.24) is 8.61 Å². The van der Waals surface area contributed by atoms with E-state index >= 15 is 0 Å². The molecule has 0 unspecified atom stereocenters. The SMILES string of the molecule is CN(C)S(=O)(=O)N(C)CC(=O)Nc1ccccc1Oc1ccccc1. The molecule has 0 aliphatic carbocycles. The zero-order chi connectivity index (χ0) is 18.4. The number of para-hydroxylation sites is 3. The van der Waals surface area contributed by atoms with Crippen LogP contribution in [-0.2, 0) is 15.0 Å². The molecule has 2 aromatic carbocycles. The number of carbonyl (C=O) groups is 1. The maximum absolute atomic E-state index is 12.2. The smallest absolute Gasteiger partial charge is 0.281 e. The zero-order valence-electron chi connectivity index (χ0n) is 14.3. The lowest BCUT2D eigenvalue weighted by molar-refractivity contribution is -0.116. The molecule has 0 atom stereocenters. The van der Waals surface area contributed by atoms with Gasteiger partial charge in [0.2, 0.25) is 5.91 Å². The van der Waals surface area contributed by atoms with E-state index in [-0.39, 0.29) is 6.54 Å². The number of ether oxygens (including phenoxy) is 1. The summed E-state index contributed by atoms with van der Waals surface area (Å²) in [6.07, 6.45) is 0. The molecule has 7 nitrogen and oxygen atoms in total. The molecule has 0 heterocycles. The lowest BCUT2D eigenvalue weighted by Gasteiger charge is -2.21. The highest BCUT2D eigenvalue weighted by Crippen LogP contribution is 2.29. The van der Waals surface area contributed by atoms with E-state index in [0.717, 1.165) is 8.61 Å². The minimum atomic E-state index is -3.65. The molecule has 0 aromatic heterocycles. The van der Waals surface area contributed by atoms with E-state index in [9.17, 15) is 13.2 Å². The van der Waals surface area contributed by atoms with Crippen LogP contribution < -0.4 is 10.1 Å². The number of likely N-dealkylation sites (N-methyl/N-ethyl adjacent to an activating group) is 1. The van der Waals surface area contributed by atoms with Crippen molar-refractivity contribution in [2.24, 2.45) is 0 Å². The summed E-state index contributed by atoms with van der Waals surface area (Å²) in [5, 5.41) is 2.68. The maximum atomic E-state index is 12.2. The van der Waals surface area contributed by atoms with Crippen LogP contribution in [0.3, 0.4) is 0 Å². The number of nitrogens with zero attached hydrogens (tertiary/aromatic N) is 2. The summed E-state index contributed by atoms with van der Waals surface area (Å²) >= 11 is 0. The number of carbonyl (C=O) groups excluding carboxylic acids is 1. The summed E-state index contributed by atoms with van der Waals surface area (Å²) in [6.45, 7) is -0.305. The fraction of sp³-hybridized carbons (Fsp3) is 0.235. The molecular weight excluding hydrogens is 342 g/mol. The van der Waals surface area contributed by atoms with Gasteiger partial charge in [0.15, 0.2) is 5.75 Å². The predicted molar refractivity (Wildman–Crippen MR) is 96.8 cm³/mol. The van der Waals surface area contributed by atoms with E-state index in [4.69, 9.17) is 4.74 Å². The highest BCUT2D eigenvalue weighted by molar-refractivity contribution is 7.86. The zero-order valence-corrected chi connectivity index (χ0v) is 15.2. The topological polar surface area (TPSA) is 79.0 Å². The van der Waals surface area contributed by atoms with Crippen LogP contribution in [0.15, 0.2) is 54.6 Å². The van der Waals surface area contributed by atoms with Gasteiger partial charge in [-0.25, -0.2) is 0 Å². The van der Waals surface area contributed by atoms with Gasteiger partial charge in [0, 0.05) is 21.1 Å². The van der Waals surface area contributed by atoms with Crippen LogP contribution in [0.1, 0.15) is 0 Å². The van der Waals surface area contributed by atoms with Crippen molar-refractivity contribution in [2.45, 2.75) is 0 Å². The minimum Gasteiger partial charge on any atom is -0.455 e. The van der Waals surface area contributed by atoms with Gasteiger partial charge in [0.05, 0.1) is 12.2 Å². The fourth-order valence-electron chi connectivity index (χ4n) is 2.03. The average Bonchev–Trinajstić information content (AvgIpc) is 2.57. The quantitative estimate of drug-likeness (QED) is 0.818. The molecule has 25 heavy (non-hydrogen) atoms. The first-order valence-corrected chi connectivity index (χ1v) is 8.96. The van der Waals surface area contributed by atoms with Crippen LogP contribution in [0.25, 0.3) is 0 Å². The number of anilines is 1. The Balaban J connectivity index is 2.09. The summed E-state index contributed by atoms with van der Waals surface area (Å²) < 4.78 is 31.7. The van der Waals surface area contributed by atoms with E-state index in [2.05, 4.69) is 5.32 Å². The number of hydrogen-bond acceptors (Lipinski definition) is 4. The van der Waals surface area contributed by atoms with Crippen LogP contribution >= 0.6 is 0 Å². The normalized spacial score (nSPS) is 11.6. The van der Waals surface area contributed by atoms with Gasteiger partial charge in [0.25, 0.3) is 10.2 Å². The van der Waals surface area contributed by atoms with Gasteiger partial charge in [-0.15, -0.1) is 0 Å². The molecule has 0 aliphatic rings. The van der Waals surface area contributed by atoms with Crippen molar-refractivity contribution in [3.8, 4) is 11.5 Å². The number of benzene rings is 2. The van der Waals surface area contributed by atoms with Crippen LogP contribution in [0, 0.1) is 0 Å². The Morgan fingerprint density at radius 1 is 1.00 bits per heavy atom. The summed E-state index contributed by atoms with van der Waals surface area (Å²) in [5.41, 5.74) is 0.465. The molecule has 0 saturated heterocycles. The Hall–Kier alpha value is -2.42. The Kier molecular flexibility index (Phi) is 6.13. The van der Waals surface area contributed by atoms with Gasteiger partial charge >= 0.3 is 0 Å².